The number of halogens is 1. The van der Waals surface area contributed by atoms with Crippen molar-refractivity contribution < 1.29 is 5.11 Å². The molecule has 0 unspecified atom stereocenters. The molecule has 0 bridgehead atoms. The van der Waals surface area contributed by atoms with E-state index < -0.39 is 0 Å². The highest BCUT2D eigenvalue weighted by Gasteiger charge is 2.19. The fourth-order valence-electron chi connectivity index (χ4n) is 3.54. The molecule has 0 aliphatic rings. The lowest BCUT2D eigenvalue weighted by Crippen LogP contribution is -2.05. The number of benzene rings is 2. The lowest BCUT2D eigenvalue weighted by molar-refractivity contribution is 0.273. The number of aliphatic hydroxyl groups excluding tert-OH is 1. The molecule has 4 rings (SSSR count). The summed E-state index contributed by atoms with van der Waals surface area (Å²) in [5, 5.41) is 12.8. The van der Waals surface area contributed by atoms with Crippen molar-refractivity contribution in [2.45, 2.75) is 25.2 Å². The van der Waals surface area contributed by atoms with Gasteiger partial charge in [-0.05, 0) is 36.9 Å². The largest absolute Gasteiger partial charge is 0.390 e. The summed E-state index contributed by atoms with van der Waals surface area (Å²) >= 11 is 7.91. The molecule has 4 aromatic rings. The van der Waals surface area contributed by atoms with Crippen LogP contribution in [0.4, 0.5) is 0 Å². The van der Waals surface area contributed by atoms with Gasteiger partial charge in [0, 0.05) is 46.0 Å². The van der Waals surface area contributed by atoms with Gasteiger partial charge in [0.25, 0.3) is 0 Å². The van der Waals surface area contributed by atoms with Gasteiger partial charge >= 0.3 is 0 Å². The van der Waals surface area contributed by atoms with Crippen LogP contribution >= 0.6 is 23.4 Å². The van der Waals surface area contributed by atoms with Crippen molar-refractivity contribution in [2.24, 2.45) is 0 Å². The Bertz CT molecular complexity index is 1140. The van der Waals surface area contributed by atoms with E-state index in [1.807, 2.05) is 42.9 Å². The number of nitrogens with zero attached hydrogens (tertiary/aromatic N) is 3. The Morgan fingerprint density at radius 3 is 2.54 bits per heavy atom. The van der Waals surface area contributed by atoms with E-state index in [2.05, 4.69) is 39.7 Å². The first kappa shape index (κ1) is 19.0. The summed E-state index contributed by atoms with van der Waals surface area (Å²) in [4.78, 5) is 8.85. The van der Waals surface area contributed by atoms with Crippen LogP contribution < -0.4 is 0 Å². The SMILES string of the molecule is CSc1ncc(-c2c(CO)n(Cc3ccccc3Cl)c3ccc(C)cc23)cn1. The quantitative estimate of drug-likeness (QED) is 0.358. The Kier molecular flexibility index (Phi) is 5.40. The minimum atomic E-state index is -0.0855. The summed E-state index contributed by atoms with van der Waals surface area (Å²) < 4.78 is 2.13. The molecule has 0 aliphatic heterocycles. The maximum Gasteiger partial charge on any atom is 0.187 e. The molecule has 0 aliphatic carbocycles. The second-order valence-electron chi connectivity index (χ2n) is 6.64. The molecule has 1 N–H and O–H groups in total. The van der Waals surface area contributed by atoms with Crippen LogP contribution in [0.1, 0.15) is 16.8 Å². The van der Waals surface area contributed by atoms with Crippen LogP contribution in [0.5, 0.6) is 0 Å². The third-order valence-electron chi connectivity index (χ3n) is 4.86. The Morgan fingerprint density at radius 1 is 1.11 bits per heavy atom. The van der Waals surface area contributed by atoms with Crippen molar-refractivity contribution in [1.29, 1.82) is 0 Å². The maximum atomic E-state index is 10.3. The monoisotopic (exact) mass is 409 g/mol. The van der Waals surface area contributed by atoms with Gasteiger partial charge in [-0.1, -0.05) is 53.2 Å². The summed E-state index contributed by atoms with van der Waals surface area (Å²) in [7, 11) is 0. The minimum Gasteiger partial charge on any atom is -0.390 e. The molecule has 0 saturated carbocycles. The number of aliphatic hydroxyl groups is 1. The zero-order valence-electron chi connectivity index (χ0n) is 15.7. The zero-order chi connectivity index (χ0) is 19.7. The first-order valence-electron chi connectivity index (χ1n) is 8.94. The van der Waals surface area contributed by atoms with Crippen LogP contribution in [0.2, 0.25) is 5.02 Å². The van der Waals surface area contributed by atoms with Crippen LogP contribution in [0, 0.1) is 6.92 Å². The smallest absolute Gasteiger partial charge is 0.187 e. The van der Waals surface area contributed by atoms with Gasteiger partial charge in [-0.25, -0.2) is 9.97 Å². The average Bonchev–Trinajstić information content (AvgIpc) is 3.02. The molecule has 0 radical (unpaired) electrons. The maximum absolute atomic E-state index is 10.3. The van der Waals surface area contributed by atoms with Crippen molar-refractivity contribution in [2.75, 3.05) is 6.26 Å². The number of aryl methyl sites for hydroxylation is 1. The number of fused-ring (bicyclic) bond motifs is 1. The fraction of sp³-hybridized carbons (Fsp3) is 0.182. The Labute approximate surface area is 173 Å². The molecule has 0 atom stereocenters. The van der Waals surface area contributed by atoms with Gasteiger partial charge in [-0.2, -0.15) is 0 Å². The average molecular weight is 410 g/mol. The van der Waals surface area contributed by atoms with E-state index in [1.54, 1.807) is 0 Å². The van der Waals surface area contributed by atoms with Gasteiger partial charge in [0.05, 0.1) is 12.3 Å². The summed E-state index contributed by atoms with van der Waals surface area (Å²) in [5.74, 6) is 0. The van der Waals surface area contributed by atoms with Crippen molar-refractivity contribution in [3.05, 3.63) is 76.7 Å². The third-order valence-corrected chi connectivity index (χ3v) is 5.81. The van der Waals surface area contributed by atoms with Crippen molar-refractivity contribution in [1.82, 2.24) is 14.5 Å². The molecule has 0 spiro atoms. The number of aromatic nitrogens is 3. The van der Waals surface area contributed by atoms with Crippen molar-refractivity contribution in [3.8, 4) is 11.1 Å². The summed E-state index contributed by atoms with van der Waals surface area (Å²) in [6, 6.07) is 14.1. The van der Waals surface area contributed by atoms with Crippen LogP contribution in [0.15, 0.2) is 60.0 Å². The molecular weight excluding hydrogens is 390 g/mol. The molecular formula is C22H20ClN3OS. The summed E-state index contributed by atoms with van der Waals surface area (Å²) in [5.41, 5.74) is 5.93. The first-order chi connectivity index (χ1) is 13.6. The van der Waals surface area contributed by atoms with Crippen LogP contribution in [0.3, 0.4) is 0 Å². The second-order valence-corrected chi connectivity index (χ2v) is 7.82. The topological polar surface area (TPSA) is 50.9 Å². The lowest BCUT2D eigenvalue weighted by Gasteiger charge is -2.12. The molecule has 142 valence electrons. The van der Waals surface area contributed by atoms with E-state index in [4.69, 9.17) is 11.6 Å². The van der Waals surface area contributed by atoms with E-state index in [-0.39, 0.29) is 6.61 Å². The number of thioether (sulfide) groups is 1. The van der Waals surface area contributed by atoms with Gasteiger partial charge in [-0.3, -0.25) is 0 Å². The van der Waals surface area contributed by atoms with Crippen LogP contribution in [-0.2, 0) is 13.2 Å². The molecule has 2 heterocycles. The number of hydrogen-bond acceptors (Lipinski definition) is 4. The molecule has 0 saturated heterocycles. The number of hydrogen-bond donors (Lipinski definition) is 1. The van der Waals surface area contributed by atoms with E-state index >= 15 is 0 Å². The van der Waals surface area contributed by atoms with Gasteiger partial charge in [-0.15, -0.1) is 0 Å². The molecule has 0 amide bonds. The standard InChI is InChI=1S/C22H20ClN3OS/c1-14-7-8-19-17(9-14)21(16-10-24-22(28-2)25-11-16)20(13-27)26(19)12-15-5-3-4-6-18(15)23/h3-11,27H,12-13H2,1-2H3. The van der Waals surface area contributed by atoms with E-state index in [9.17, 15) is 5.11 Å². The van der Waals surface area contributed by atoms with Crippen LogP contribution in [0.25, 0.3) is 22.0 Å². The normalized spacial score (nSPS) is 11.3. The van der Waals surface area contributed by atoms with E-state index in [0.29, 0.717) is 6.54 Å². The second kappa shape index (κ2) is 7.95. The number of rotatable bonds is 5. The summed E-state index contributed by atoms with van der Waals surface area (Å²) in [6.07, 6.45) is 5.61. The zero-order valence-corrected chi connectivity index (χ0v) is 17.3. The lowest BCUT2D eigenvalue weighted by atomic mass is 10.0. The van der Waals surface area contributed by atoms with Crippen molar-refractivity contribution >= 4 is 34.3 Å². The molecule has 28 heavy (non-hydrogen) atoms. The van der Waals surface area contributed by atoms with E-state index in [0.717, 1.165) is 49.0 Å². The summed E-state index contributed by atoms with van der Waals surface area (Å²) in [6.45, 7) is 2.57. The first-order valence-corrected chi connectivity index (χ1v) is 10.5. The highest BCUT2D eigenvalue weighted by atomic mass is 35.5. The van der Waals surface area contributed by atoms with Gasteiger partial charge in [0.1, 0.15) is 0 Å². The van der Waals surface area contributed by atoms with Crippen LogP contribution in [-0.4, -0.2) is 25.9 Å². The third kappa shape index (κ3) is 3.41. The molecule has 2 aromatic heterocycles. The van der Waals surface area contributed by atoms with Gasteiger partial charge in [0.2, 0.25) is 0 Å². The Balaban J connectivity index is 1.96. The predicted molar refractivity (Wildman–Crippen MR) is 116 cm³/mol. The highest BCUT2D eigenvalue weighted by Crippen LogP contribution is 2.36. The van der Waals surface area contributed by atoms with Gasteiger partial charge < -0.3 is 9.67 Å². The van der Waals surface area contributed by atoms with E-state index in [1.165, 1.54) is 11.8 Å². The Hall–Kier alpha value is -2.34. The molecule has 0 fully saturated rings. The molecule has 4 nitrogen and oxygen atoms in total. The molecule has 2 aromatic carbocycles. The minimum absolute atomic E-state index is 0.0855. The fourth-order valence-corrected chi connectivity index (χ4v) is 4.05. The Morgan fingerprint density at radius 2 is 1.86 bits per heavy atom. The predicted octanol–water partition coefficient (Wildman–Crippen LogP) is 5.32. The van der Waals surface area contributed by atoms with Gasteiger partial charge in [0.15, 0.2) is 5.16 Å². The highest BCUT2D eigenvalue weighted by molar-refractivity contribution is 7.98. The van der Waals surface area contributed by atoms with Crippen molar-refractivity contribution in [3.63, 3.8) is 0 Å². The molecule has 6 heteroatoms.